The molecule has 0 heterocycles. The highest BCUT2D eigenvalue weighted by Gasteiger charge is 2.28. The second-order valence-electron chi connectivity index (χ2n) is 8.92. The largest absolute Gasteiger partial charge is 0.484 e. The number of imide groups is 1. The molecule has 1 aliphatic rings. The molecule has 2 aromatic carbocycles. The van der Waals surface area contributed by atoms with Gasteiger partial charge in [0, 0.05) is 19.0 Å². The zero-order valence-electron chi connectivity index (χ0n) is 18.7. The molecule has 0 saturated heterocycles. The van der Waals surface area contributed by atoms with Crippen LogP contribution in [0.4, 0.5) is 4.79 Å². The van der Waals surface area contributed by atoms with E-state index in [1.54, 1.807) is 26.8 Å². The summed E-state index contributed by atoms with van der Waals surface area (Å²) >= 11 is 12.3. The maximum atomic E-state index is 12.3. The van der Waals surface area contributed by atoms with E-state index in [2.05, 4.69) is 0 Å². The highest BCUT2D eigenvalue weighted by atomic mass is 35.5. The summed E-state index contributed by atoms with van der Waals surface area (Å²) in [7, 11) is 1.37. The Kier molecular flexibility index (Phi) is 7.38. The summed E-state index contributed by atoms with van der Waals surface area (Å²) in [6, 6.07) is 11.2. The zero-order chi connectivity index (χ0) is 23.6. The molecule has 3 rings (SSSR count). The van der Waals surface area contributed by atoms with Crippen LogP contribution >= 0.6 is 23.2 Å². The molecule has 0 bridgehead atoms. The van der Waals surface area contributed by atoms with Gasteiger partial charge in [-0.3, -0.25) is 4.79 Å². The minimum absolute atomic E-state index is 0.132. The molecule has 172 valence electrons. The van der Waals surface area contributed by atoms with Crippen molar-refractivity contribution in [1.29, 1.82) is 0 Å². The molecule has 2 aromatic rings. The van der Waals surface area contributed by atoms with Crippen LogP contribution in [0.3, 0.4) is 0 Å². The van der Waals surface area contributed by atoms with Gasteiger partial charge in [0.1, 0.15) is 11.4 Å². The summed E-state index contributed by atoms with van der Waals surface area (Å²) in [5.41, 5.74) is 8.84. The second kappa shape index (κ2) is 9.69. The van der Waals surface area contributed by atoms with E-state index in [9.17, 15) is 9.59 Å². The monoisotopic (exact) mass is 478 g/mol. The number of hydrogen-bond acceptors (Lipinski definition) is 5. The number of rotatable bonds is 4. The summed E-state index contributed by atoms with van der Waals surface area (Å²) in [5, 5.41) is 1.04. The van der Waals surface area contributed by atoms with Crippen molar-refractivity contribution in [3.05, 3.63) is 63.1 Å². The molecule has 0 saturated carbocycles. The van der Waals surface area contributed by atoms with Crippen molar-refractivity contribution in [3.63, 3.8) is 0 Å². The third kappa shape index (κ3) is 5.74. The van der Waals surface area contributed by atoms with Crippen LogP contribution in [0, 0.1) is 0 Å². The summed E-state index contributed by atoms with van der Waals surface area (Å²) < 4.78 is 10.9. The first-order chi connectivity index (χ1) is 15.0. The zero-order valence-corrected chi connectivity index (χ0v) is 20.2. The minimum Gasteiger partial charge on any atom is -0.484 e. The SMILES string of the molecule is CN(C(=O)COc1ccc2c(c1)C(N)CC[C@H]2c1ccc(Cl)c(Cl)c1)C(=O)OC(C)(C)C. The molecule has 1 aliphatic carbocycles. The van der Waals surface area contributed by atoms with Gasteiger partial charge in [-0.15, -0.1) is 0 Å². The number of hydrogen-bond donors (Lipinski definition) is 1. The number of amides is 2. The van der Waals surface area contributed by atoms with E-state index in [-0.39, 0.29) is 18.6 Å². The number of carbonyl (C=O) groups excluding carboxylic acids is 2. The van der Waals surface area contributed by atoms with Crippen molar-refractivity contribution >= 4 is 35.2 Å². The second-order valence-corrected chi connectivity index (χ2v) is 9.74. The van der Waals surface area contributed by atoms with Gasteiger partial charge >= 0.3 is 6.09 Å². The number of carbonyl (C=O) groups is 2. The Hall–Kier alpha value is -2.28. The van der Waals surface area contributed by atoms with Gasteiger partial charge in [-0.2, -0.15) is 0 Å². The van der Waals surface area contributed by atoms with Crippen LogP contribution in [-0.2, 0) is 9.53 Å². The van der Waals surface area contributed by atoms with E-state index in [1.165, 1.54) is 7.05 Å². The van der Waals surface area contributed by atoms with Crippen LogP contribution in [0.2, 0.25) is 10.0 Å². The lowest BCUT2D eigenvalue weighted by molar-refractivity contribution is -0.131. The van der Waals surface area contributed by atoms with Crippen molar-refractivity contribution in [2.75, 3.05) is 13.7 Å². The number of nitrogens with two attached hydrogens (primary N) is 1. The van der Waals surface area contributed by atoms with Gasteiger partial charge in [0.2, 0.25) is 0 Å². The molecule has 0 fully saturated rings. The normalized spacial score (nSPS) is 18.0. The Morgan fingerprint density at radius 2 is 1.78 bits per heavy atom. The Morgan fingerprint density at radius 3 is 2.44 bits per heavy atom. The summed E-state index contributed by atoms with van der Waals surface area (Å²) in [6.07, 6.45) is 0.982. The maximum absolute atomic E-state index is 12.3. The van der Waals surface area contributed by atoms with Crippen molar-refractivity contribution in [3.8, 4) is 5.75 Å². The lowest BCUT2D eigenvalue weighted by atomic mass is 9.77. The van der Waals surface area contributed by atoms with Gasteiger partial charge in [-0.25, -0.2) is 9.69 Å². The Labute approximate surface area is 198 Å². The highest BCUT2D eigenvalue weighted by Crippen LogP contribution is 2.42. The molecule has 2 amide bonds. The van der Waals surface area contributed by atoms with E-state index in [0.29, 0.717) is 15.8 Å². The van der Waals surface area contributed by atoms with Gasteiger partial charge in [-0.1, -0.05) is 35.3 Å². The van der Waals surface area contributed by atoms with Gasteiger partial charge < -0.3 is 15.2 Å². The fourth-order valence-corrected chi connectivity index (χ4v) is 3.99. The van der Waals surface area contributed by atoms with Crippen molar-refractivity contribution in [2.24, 2.45) is 5.73 Å². The average molecular weight is 479 g/mol. The van der Waals surface area contributed by atoms with Gasteiger partial charge in [0.25, 0.3) is 5.91 Å². The van der Waals surface area contributed by atoms with Crippen molar-refractivity contribution in [2.45, 2.75) is 51.2 Å². The lowest BCUT2D eigenvalue weighted by Crippen LogP contribution is -2.40. The molecule has 0 aliphatic heterocycles. The van der Waals surface area contributed by atoms with Gasteiger partial charge in [-0.05, 0) is 74.6 Å². The third-order valence-corrected chi connectivity index (χ3v) is 6.09. The molecule has 2 atom stereocenters. The first kappa shape index (κ1) is 24.4. The smallest absolute Gasteiger partial charge is 0.416 e. The number of fused-ring (bicyclic) bond motifs is 1. The van der Waals surface area contributed by atoms with Crippen LogP contribution < -0.4 is 10.5 Å². The molecular weight excluding hydrogens is 451 g/mol. The number of nitrogens with zero attached hydrogens (tertiary/aromatic N) is 1. The number of likely N-dealkylation sites (N-methyl/N-ethyl adjacent to an activating group) is 1. The van der Waals surface area contributed by atoms with Crippen LogP contribution in [0.1, 0.15) is 62.3 Å². The molecule has 0 aromatic heterocycles. The predicted octanol–water partition coefficient (Wildman–Crippen LogP) is 5.69. The Morgan fingerprint density at radius 1 is 1.06 bits per heavy atom. The quantitative estimate of drug-likeness (QED) is 0.609. The molecular formula is C24H28Cl2N2O4. The molecule has 2 N–H and O–H groups in total. The first-order valence-corrected chi connectivity index (χ1v) is 11.2. The average Bonchev–Trinajstić information content (AvgIpc) is 2.72. The lowest BCUT2D eigenvalue weighted by Gasteiger charge is -2.30. The first-order valence-electron chi connectivity index (χ1n) is 10.4. The van der Waals surface area contributed by atoms with Crippen LogP contribution in [0.25, 0.3) is 0 Å². The third-order valence-electron chi connectivity index (χ3n) is 5.35. The van der Waals surface area contributed by atoms with Gasteiger partial charge in [0.15, 0.2) is 6.61 Å². The Balaban J connectivity index is 1.73. The summed E-state index contributed by atoms with van der Waals surface area (Å²) in [5.74, 6) is 0.156. The molecule has 0 radical (unpaired) electrons. The van der Waals surface area contributed by atoms with Crippen molar-refractivity contribution in [1.82, 2.24) is 4.90 Å². The minimum atomic E-state index is -0.719. The van der Waals surface area contributed by atoms with Crippen LogP contribution in [0.5, 0.6) is 5.75 Å². The standard InChI is InChI=1S/C24H28Cl2N2O4/c1-24(2,3)32-23(30)28(4)22(29)13-31-15-6-7-17-16(8-10-21(27)18(17)12-15)14-5-9-19(25)20(26)11-14/h5-7,9,11-12,16,21H,8,10,13,27H2,1-4H3/t16-,21?/m0/s1. The predicted molar refractivity (Wildman–Crippen MR) is 125 cm³/mol. The van der Waals surface area contributed by atoms with Crippen LogP contribution in [-0.4, -0.2) is 36.2 Å². The van der Waals surface area contributed by atoms with E-state index in [0.717, 1.165) is 34.4 Å². The fourth-order valence-electron chi connectivity index (χ4n) is 3.69. The van der Waals surface area contributed by atoms with E-state index in [1.807, 2.05) is 30.3 Å². The number of ether oxygens (including phenoxy) is 2. The number of benzene rings is 2. The molecule has 0 spiro atoms. The topological polar surface area (TPSA) is 81.9 Å². The maximum Gasteiger partial charge on any atom is 0.416 e. The molecule has 32 heavy (non-hydrogen) atoms. The molecule has 1 unspecified atom stereocenters. The Bertz CT molecular complexity index is 1020. The van der Waals surface area contributed by atoms with E-state index in [4.69, 9.17) is 38.4 Å². The fraction of sp³-hybridized carbons (Fsp3) is 0.417. The summed E-state index contributed by atoms with van der Waals surface area (Å²) in [4.78, 5) is 25.3. The van der Waals surface area contributed by atoms with E-state index < -0.39 is 17.6 Å². The summed E-state index contributed by atoms with van der Waals surface area (Å²) in [6.45, 7) is 4.92. The van der Waals surface area contributed by atoms with Crippen molar-refractivity contribution < 1.29 is 19.1 Å². The highest BCUT2D eigenvalue weighted by molar-refractivity contribution is 6.42. The van der Waals surface area contributed by atoms with Gasteiger partial charge in [0.05, 0.1) is 10.0 Å². The molecule has 6 nitrogen and oxygen atoms in total. The number of halogens is 2. The van der Waals surface area contributed by atoms with E-state index >= 15 is 0 Å². The molecule has 8 heteroatoms. The van der Waals surface area contributed by atoms with Crippen LogP contribution in [0.15, 0.2) is 36.4 Å².